The summed E-state index contributed by atoms with van der Waals surface area (Å²) in [5.41, 5.74) is 1.02. The molecular weight excluding hydrogens is 270 g/mol. The zero-order valence-electron chi connectivity index (χ0n) is 12.6. The van der Waals surface area contributed by atoms with Crippen LogP contribution in [-0.2, 0) is 13.0 Å². The van der Waals surface area contributed by atoms with Crippen molar-refractivity contribution in [3.63, 3.8) is 0 Å². The molecule has 0 aliphatic carbocycles. The molecule has 0 radical (unpaired) electrons. The summed E-state index contributed by atoms with van der Waals surface area (Å²) < 4.78 is 16.1. The van der Waals surface area contributed by atoms with E-state index in [1.807, 2.05) is 18.3 Å². The van der Waals surface area contributed by atoms with Crippen molar-refractivity contribution >= 4 is 0 Å². The highest BCUT2D eigenvalue weighted by Crippen LogP contribution is 2.34. The van der Waals surface area contributed by atoms with Crippen LogP contribution in [0.4, 0.5) is 0 Å². The standard InChI is InChI=1S/C15H21N3O3/c1-19-11-8-13(20-2)12(14(9-11)21-3)4-5-16-10-15-17-6-7-18-15/h6-9,16H,4-5,10H2,1-3H3,(H,17,18). The van der Waals surface area contributed by atoms with E-state index in [0.717, 1.165) is 41.6 Å². The zero-order chi connectivity index (χ0) is 15.1. The van der Waals surface area contributed by atoms with Gasteiger partial charge in [0.2, 0.25) is 0 Å². The third-order valence-electron chi connectivity index (χ3n) is 3.22. The lowest BCUT2D eigenvalue weighted by Gasteiger charge is -2.15. The summed E-state index contributed by atoms with van der Waals surface area (Å²) in [5, 5.41) is 3.33. The van der Waals surface area contributed by atoms with Crippen LogP contribution in [-0.4, -0.2) is 37.8 Å². The van der Waals surface area contributed by atoms with Crippen LogP contribution in [0.1, 0.15) is 11.4 Å². The van der Waals surface area contributed by atoms with Crippen LogP contribution >= 0.6 is 0 Å². The van der Waals surface area contributed by atoms with Gasteiger partial charge in [-0.1, -0.05) is 0 Å². The minimum atomic E-state index is 0.702. The molecule has 6 nitrogen and oxygen atoms in total. The van der Waals surface area contributed by atoms with Crippen molar-refractivity contribution in [1.29, 1.82) is 0 Å². The van der Waals surface area contributed by atoms with Crippen LogP contribution < -0.4 is 19.5 Å². The smallest absolute Gasteiger partial charge is 0.129 e. The lowest BCUT2D eigenvalue weighted by Crippen LogP contribution is -2.18. The molecule has 0 fully saturated rings. The first-order chi connectivity index (χ1) is 10.3. The van der Waals surface area contributed by atoms with E-state index < -0.39 is 0 Å². The molecule has 0 saturated heterocycles. The Bertz CT molecular complexity index is 530. The fraction of sp³-hybridized carbons (Fsp3) is 0.400. The molecule has 0 atom stereocenters. The van der Waals surface area contributed by atoms with Gasteiger partial charge in [-0.2, -0.15) is 0 Å². The second kappa shape index (κ2) is 7.54. The maximum Gasteiger partial charge on any atom is 0.129 e. The largest absolute Gasteiger partial charge is 0.496 e. The van der Waals surface area contributed by atoms with E-state index in [0.29, 0.717) is 6.54 Å². The van der Waals surface area contributed by atoms with Crippen molar-refractivity contribution in [3.05, 3.63) is 35.9 Å². The molecule has 2 aromatic rings. The number of nitrogens with zero attached hydrogens (tertiary/aromatic N) is 1. The molecule has 0 aliphatic rings. The summed E-state index contributed by atoms with van der Waals surface area (Å²) in [7, 11) is 4.92. The van der Waals surface area contributed by atoms with Gasteiger partial charge in [-0.3, -0.25) is 0 Å². The fourth-order valence-corrected chi connectivity index (χ4v) is 2.14. The first kappa shape index (κ1) is 15.2. The van der Waals surface area contributed by atoms with Crippen LogP contribution in [0.2, 0.25) is 0 Å². The molecule has 0 amide bonds. The van der Waals surface area contributed by atoms with Gasteiger partial charge in [-0.05, 0) is 13.0 Å². The van der Waals surface area contributed by atoms with Gasteiger partial charge >= 0.3 is 0 Å². The number of imidazole rings is 1. The van der Waals surface area contributed by atoms with E-state index in [2.05, 4.69) is 15.3 Å². The predicted octanol–water partition coefficient (Wildman–Crippen LogP) is 1.77. The van der Waals surface area contributed by atoms with E-state index in [-0.39, 0.29) is 0 Å². The van der Waals surface area contributed by atoms with Gasteiger partial charge in [-0.15, -0.1) is 0 Å². The lowest BCUT2D eigenvalue weighted by atomic mass is 10.1. The Morgan fingerprint density at radius 3 is 2.33 bits per heavy atom. The van der Waals surface area contributed by atoms with Crippen LogP contribution in [0, 0.1) is 0 Å². The Morgan fingerprint density at radius 2 is 1.81 bits per heavy atom. The molecule has 2 N–H and O–H groups in total. The Balaban J connectivity index is 2.00. The molecule has 2 rings (SSSR count). The Hall–Kier alpha value is -2.21. The van der Waals surface area contributed by atoms with E-state index in [1.54, 1.807) is 27.5 Å². The Kier molecular flexibility index (Phi) is 5.45. The molecule has 0 spiro atoms. The quantitative estimate of drug-likeness (QED) is 0.725. The molecule has 21 heavy (non-hydrogen) atoms. The molecule has 1 aromatic heterocycles. The molecule has 0 aliphatic heterocycles. The van der Waals surface area contributed by atoms with Gasteiger partial charge in [0.25, 0.3) is 0 Å². The molecule has 6 heteroatoms. The summed E-state index contributed by atoms with van der Waals surface area (Å²) in [4.78, 5) is 7.22. The van der Waals surface area contributed by atoms with Crippen LogP contribution in [0.15, 0.2) is 24.5 Å². The van der Waals surface area contributed by atoms with E-state index in [9.17, 15) is 0 Å². The second-order valence-electron chi connectivity index (χ2n) is 4.47. The van der Waals surface area contributed by atoms with Crippen molar-refractivity contribution in [2.45, 2.75) is 13.0 Å². The molecule has 1 aromatic carbocycles. The van der Waals surface area contributed by atoms with Crippen molar-refractivity contribution in [3.8, 4) is 17.2 Å². The third-order valence-corrected chi connectivity index (χ3v) is 3.22. The number of hydrogen-bond acceptors (Lipinski definition) is 5. The number of rotatable bonds is 8. The highest BCUT2D eigenvalue weighted by atomic mass is 16.5. The van der Waals surface area contributed by atoms with E-state index >= 15 is 0 Å². The normalized spacial score (nSPS) is 10.4. The van der Waals surface area contributed by atoms with Gasteiger partial charge in [0, 0.05) is 30.1 Å². The first-order valence-electron chi connectivity index (χ1n) is 6.76. The van der Waals surface area contributed by atoms with Crippen LogP contribution in [0.3, 0.4) is 0 Å². The minimum Gasteiger partial charge on any atom is -0.496 e. The fourth-order valence-electron chi connectivity index (χ4n) is 2.14. The van der Waals surface area contributed by atoms with E-state index in [4.69, 9.17) is 14.2 Å². The van der Waals surface area contributed by atoms with Crippen molar-refractivity contribution in [2.24, 2.45) is 0 Å². The number of aromatic nitrogens is 2. The molecule has 0 saturated carbocycles. The molecule has 114 valence electrons. The number of hydrogen-bond donors (Lipinski definition) is 2. The summed E-state index contributed by atoms with van der Waals surface area (Å²) in [6, 6.07) is 3.73. The molecule has 0 bridgehead atoms. The summed E-state index contributed by atoms with van der Waals surface area (Å²) in [6.07, 6.45) is 4.34. The highest BCUT2D eigenvalue weighted by Gasteiger charge is 2.12. The van der Waals surface area contributed by atoms with Crippen molar-refractivity contribution < 1.29 is 14.2 Å². The maximum absolute atomic E-state index is 5.43. The SMILES string of the molecule is COc1cc(OC)c(CCNCc2ncc[nH]2)c(OC)c1. The first-order valence-corrected chi connectivity index (χ1v) is 6.76. The molecule has 1 heterocycles. The predicted molar refractivity (Wildman–Crippen MR) is 80.1 cm³/mol. The number of methoxy groups -OCH3 is 3. The number of ether oxygens (including phenoxy) is 3. The number of aromatic amines is 1. The van der Waals surface area contributed by atoms with Crippen LogP contribution in [0.25, 0.3) is 0 Å². The Morgan fingerprint density at radius 1 is 1.10 bits per heavy atom. The molecular formula is C15H21N3O3. The lowest BCUT2D eigenvalue weighted by molar-refractivity contribution is 0.368. The van der Waals surface area contributed by atoms with Gasteiger partial charge in [-0.25, -0.2) is 4.98 Å². The second-order valence-corrected chi connectivity index (χ2v) is 4.47. The molecule has 0 unspecified atom stereocenters. The monoisotopic (exact) mass is 291 g/mol. The average molecular weight is 291 g/mol. The summed E-state index contributed by atoms with van der Waals surface area (Å²) >= 11 is 0. The van der Waals surface area contributed by atoms with Gasteiger partial charge in [0.05, 0.1) is 27.9 Å². The highest BCUT2D eigenvalue weighted by molar-refractivity contribution is 5.50. The average Bonchev–Trinajstić information content (AvgIpc) is 3.04. The third kappa shape index (κ3) is 3.88. The summed E-state index contributed by atoms with van der Waals surface area (Å²) in [5.74, 6) is 3.18. The van der Waals surface area contributed by atoms with Crippen molar-refractivity contribution in [1.82, 2.24) is 15.3 Å². The van der Waals surface area contributed by atoms with Gasteiger partial charge < -0.3 is 24.5 Å². The van der Waals surface area contributed by atoms with Crippen molar-refractivity contribution in [2.75, 3.05) is 27.9 Å². The Labute approximate surface area is 124 Å². The zero-order valence-corrected chi connectivity index (χ0v) is 12.6. The number of benzene rings is 1. The van der Waals surface area contributed by atoms with Crippen LogP contribution in [0.5, 0.6) is 17.2 Å². The van der Waals surface area contributed by atoms with Gasteiger partial charge in [0.15, 0.2) is 0 Å². The van der Waals surface area contributed by atoms with E-state index in [1.165, 1.54) is 0 Å². The minimum absolute atomic E-state index is 0.702. The number of H-pyrrole nitrogens is 1. The van der Waals surface area contributed by atoms with Gasteiger partial charge in [0.1, 0.15) is 23.1 Å². The summed E-state index contributed by atoms with van der Waals surface area (Å²) in [6.45, 7) is 1.49. The number of nitrogens with one attached hydrogen (secondary N) is 2. The topological polar surface area (TPSA) is 68.4 Å². The maximum atomic E-state index is 5.43.